The first kappa shape index (κ1) is 27.5. The molecule has 4 N–H and O–H groups in total. The SMILES string of the molecule is CCC(C)C(C(CC=O)OC)N(C)C(=O)CNC(=O)C(C(C)C)N(C)CCNN. The minimum atomic E-state index is -0.384. The van der Waals surface area contributed by atoms with E-state index >= 15 is 0 Å². The fraction of sp³-hybridized carbons (Fsp3) is 0.850. The van der Waals surface area contributed by atoms with Gasteiger partial charge in [-0.25, -0.2) is 0 Å². The zero-order valence-corrected chi connectivity index (χ0v) is 19.1. The Morgan fingerprint density at radius 2 is 1.83 bits per heavy atom. The van der Waals surface area contributed by atoms with Crippen LogP contribution in [0, 0.1) is 11.8 Å². The minimum absolute atomic E-state index is 0.0731. The Hall–Kier alpha value is -1.55. The molecule has 0 fully saturated rings. The Morgan fingerprint density at radius 3 is 2.28 bits per heavy atom. The quantitative estimate of drug-likeness (QED) is 0.196. The zero-order valence-electron chi connectivity index (χ0n) is 19.1. The van der Waals surface area contributed by atoms with E-state index in [-0.39, 0.29) is 54.8 Å². The van der Waals surface area contributed by atoms with Crippen LogP contribution in [0.25, 0.3) is 0 Å². The number of ether oxygens (including phenoxy) is 1. The molecule has 0 heterocycles. The molecule has 0 aromatic heterocycles. The van der Waals surface area contributed by atoms with Gasteiger partial charge in [0.2, 0.25) is 11.8 Å². The smallest absolute Gasteiger partial charge is 0.242 e. The molecule has 0 bridgehead atoms. The van der Waals surface area contributed by atoms with Crippen molar-refractivity contribution in [2.45, 2.75) is 58.7 Å². The fourth-order valence-electron chi connectivity index (χ4n) is 3.66. The lowest BCUT2D eigenvalue weighted by atomic mass is 9.91. The van der Waals surface area contributed by atoms with Gasteiger partial charge in [-0.1, -0.05) is 34.1 Å². The average Bonchev–Trinajstić information content (AvgIpc) is 2.69. The number of hydrogen-bond donors (Lipinski definition) is 3. The van der Waals surface area contributed by atoms with Crippen LogP contribution in [0.2, 0.25) is 0 Å². The molecule has 4 unspecified atom stereocenters. The van der Waals surface area contributed by atoms with Crippen LogP contribution in [-0.4, -0.2) is 86.9 Å². The average molecular weight is 416 g/mol. The van der Waals surface area contributed by atoms with Crippen molar-refractivity contribution in [3.8, 4) is 0 Å². The number of likely N-dealkylation sites (N-methyl/N-ethyl adjacent to an activating group) is 2. The summed E-state index contributed by atoms with van der Waals surface area (Å²) in [6.07, 6.45) is 1.47. The highest BCUT2D eigenvalue weighted by molar-refractivity contribution is 5.87. The summed E-state index contributed by atoms with van der Waals surface area (Å²) in [6, 6.07) is -0.618. The maximum absolute atomic E-state index is 12.8. The predicted molar refractivity (Wildman–Crippen MR) is 114 cm³/mol. The highest BCUT2D eigenvalue weighted by Gasteiger charge is 2.33. The number of amides is 2. The van der Waals surface area contributed by atoms with Crippen molar-refractivity contribution in [2.75, 3.05) is 40.8 Å². The van der Waals surface area contributed by atoms with Gasteiger partial charge in [-0.3, -0.25) is 25.8 Å². The van der Waals surface area contributed by atoms with Gasteiger partial charge in [-0.2, -0.15) is 0 Å². The second-order valence-electron chi connectivity index (χ2n) is 7.90. The Labute approximate surface area is 175 Å². The highest BCUT2D eigenvalue weighted by Crippen LogP contribution is 2.21. The number of nitrogens with zero attached hydrogens (tertiary/aromatic N) is 2. The molecule has 170 valence electrons. The van der Waals surface area contributed by atoms with E-state index in [9.17, 15) is 14.4 Å². The summed E-state index contributed by atoms with van der Waals surface area (Å²) in [7, 11) is 5.10. The normalized spacial score (nSPS) is 15.7. The number of nitrogens with two attached hydrogens (primary N) is 1. The third-order valence-corrected chi connectivity index (χ3v) is 5.48. The first-order valence-corrected chi connectivity index (χ1v) is 10.3. The number of hydrazine groups is 1. The number of rotatable bonds is 15. The van der Waals surface area contributed by atoms with E-state index in [2.05, 4.69) is 10.7 Å². The number of hydrogen-bond acceptors (Lipinski definition) is 7. The van der Waals surface area contributed by atoms with Crippen LogP contribution in [0.5, 0.6) is 0 Å². The summed E-state index contributed by atoms with van der Waals surface area (Å²) >= 11 is 0. The number of carbonyl (C=O) groups is 3. The van der Waals surface area contributed by atoms with Crippen molar-refractivity contribution >= 4 is 18.1 Å². The molecule has 0 spiro atoms. The summed E-state index contributed by atoms with van der Waals surface area (Å²) in [5, 5.41) is 2.77. The van der Waals surface area contributed by atoms with Crippen molar-refractivity contribution < 1.29 is 19.1 Å². The first-order chi connectivity index (χ1) is 13.7. The summed E-state index contributed by atoms with van der Waals surface area (Å²) in [5.41, 5.74) is 2.58. The van der Waals surface area contributed by atoms with Gasteiger partial charge in [0.15, 0.2) is 0 Å². The van der Waals surface area contributed by atoms with Gasteiger partial charge in [-0.15, -0.1) is 0 Å². The summed E-state index contributed by atoms with van der Waals surface area (Å²) in [4.78, 5) is 40.0. The first-order valence-electron chi connectivity index (χ1n) is 10.3. The summed E-state index contributed by atoms with van der Waals surface area (Å²) in [6.45, 7) is 9.05. The van der Waals surface area contributed by atoms with Crippen molar-refractivity contribution in [1.29, 1.82) is 0 Å². The molecule has 0 aliphatic rings. The number of methoxy groups -OCH3 is 1. The largest absolute Gasteiger partial charge is 0.379 e. The molecule has 0 aromatic rings. The lowest BCUT2D eigenvalue weighted by molar-refractivity contribution is -0.139. The molecule has 0 aliphatic heterocycles. The van der Waals surface area contributed by atoms with E-state index in [0.717, 1.165) is 12.7 Å². The van der Waals surface area contributed by atoms with Crippen LogP contribution in [-0.2, 0) is 19.1 Å². The van der Waals surface area contributed by atoms with E-state index in [1.54, 1.807) is 19.1 Å². The third-order valence-electron chi connectivity index (χ3n) is 5.48. The predicted octanol–water partition coefficient (Wildman–Crippen LogP) is -0.000600. The molecule has 0 aliphatic carbocycles. The zero-order chi connectivity index (χ0) is 22.6. The van der Waals surface area contributed by atoms with Crippen molar-refractivity contribution in [3.05, 3.63) is 0 Å². The Kier molecular flexibility index (Phi) is 13.7. The van der Waals surface area contributed by atoms with E-state index in [0.29, 0.717) is 13.1 Å². The second-order valence-corrected chi connectivity index (χ2v) is 7.90. The van der Waals surface area contributed by atoms with Crippen molar-refractivity contribution in [1.82, 2.24) is 20.5 Å². The van der Waals surface area contributed by atoms with Crippen LogP contribution >= 0.6 is 0 Å². The molecular weight excluding hydrogens is 374 g/mol. The minimum Gasteiger partial charge on any atom is -0.379 e. The Morgan fingerprint density at radius 1 is 1.21 bits per heavy atom. The lowest BCUT2D eigenvalue weighted by Crippen LogP contribution is -2.54. The lowest BCUT2D eigenvalue weighted by Gasteiger charge is -2.37. The molecule has 0 rings (SSSR count). The Bertz CT molecular complexity index is 503. The van der Waals surface area contributed by atoms with Gasteiger partial charge in [0.1, 0.15) is 6.29 Å². The van der Waals surface area contributed by atoms with Gasteiger partial charge in [-0.05, 0) is 18.9 Å². The standard InChI is InChI=1S/C20H41N5O4/c1-8-15(4)19(16(29-7)9-12-26)25(6)17(27)13-22-20(28)18(14(2)3)24(5)11-10-23-21/h12,14-16,18-19,23H,8-11,13,21H2,1-7H3,(H,22,28). The third kappa shape index (κ3) is 8.77. The van der Waals surface area contributed by atoms with Crippen LogP contribution in [0.15, 0.2) is 0 Å². The molecule has 29 heavy (non-hydrogen) atoms. The molecule has 9 heteroatoms. The molecule has 0 aromatic carbocycles. The number of aldehydes is 1. The van der Waals surface area contributed by atoms with Gasteiger partial charge in [0, 0.05) is 33.7 Å². The molecular formula is C20H41N5O4. The maximum atomic E-state index is 12.8. The summed E-state index contributed by atoms with van der Waals surface area (Å²) < 4.78 is 5.48. The second kappa shape index (κ2) is 14.4. The fourth-order valence-corrected chi connectivity index (χ4v) is 3.66. The summed E-state index contributed by atoms with van der Waals surface area (Å²) in [5.74, 6) is 5.12. The topological polar surface area (TPSA) is 117 Å². The van der Waals surface area contributed by atoms with Gasteiger partial charge in [0.05, 0.1) is 24.7 Å². The molecule has 4 atom stereocenters. The maximum Gasteiger partial charge on any atom is 0.242 e. The molecule has 2 amide bonds. The van der Waals surface area contributed by atoms with Gasteiger partial charge < -0.3 is 19.7 Å². The van der Waals surface area contributed by atoms with E-state index in [4.69, 9.17) is 10.6 Å². The van der Waals surface area contributed by atoms with Gasteiger partial charge in [0.25, 0.3) is 0 Å². The highest BCUT2D eigenvalue weighted by atomic mass is 16.5. The number of carbonyl (C=O) groups excluding carboxylic acids is 3. The molecule has 0 saturated carbocycles. The van der Waals surface area contributed by atoms with Crippen LogP contribution < -0.4 is 16.6 Å². The van der Waals surface area contributed by atoms with Gasteiger partial charge >= 0.3 is 0 Å². The monoisotopic (exact) mass is 415 g/mol. The van der Waals surface area contributed by atoms with Crippen molar-refractivity contribution in [3.63, 3.8) is 0 Å². The molecule has 0 radical (unpaired) electrons. The van der Waals surface area contributed by atoms with E-state index < -0.39 is 0 Å². The molecule has 0 saturated heterocycles. The number of nitrogens with one attached hydrogen (secondary N) is 2. The van der Waals surface area contributed by atoms with Crippen LogP contribution in [0.4, 0.5) is 0 Å². The molecule has 9 nitrogen and oxygen atoms in total. The van der Waals surface area contributed by atoms with E-state index in [1.165, 1.54) is 0 Å². The van der Waals surface area contributed by atoms with Crippen LogP contribution in [0.3, 0.4) is 0 Å². The van der Waals surface area contributed by atoms with E-state index in [1.807, 2.05) is 39.6 Å². The van der Waals surface area contributed by atoms with Crippen molar-refractivity contribution in [2.24, 2.45) is 17.7 Å². The van der Waals surface area contributed by atoms with Crippen LogP contribution in [0.1, 0.15) is 40.5 Å². The Balaban J connectivity index is 5.12.